The number of carbonyl (C=O) groups is 1. The Morgan fingerprint density at radius 2 is 1.92 bits per heavy atom. The maximum absolute atomic E-state index is 11.0. The molecular formula is C6H11N3O4. The minimum Gasteiger partial charge on any atom is -0.480 e. The third kappa shape index (κ3) is 2.55. The molecule has 0 aromatic heterocycles. The quantitative estimate of drug-likeness (QED) is 0.0975. The molecular weight excluding hydrogens is 178 g/mol. The topological polar surface area (TPSA) is 120 Å². The summed E-state index contributed by atoms with van der Waals surface area (Å²) in [4.78, 5) is 11.0. The van der Waals surface area contributed by atoms with Crippen LogP contribution >= 0.6 is 0 Å². The molecule has 5 N–H and O–H groups in total. The fourth-order valence-electron chi connectivity index (χ4n) is 0.570. The van der Waals surface area contributed by atoms with Crippen molar-refractivity contribution in [2.24, 2.45) is 16.7 Å². The second-order valence-electron chi connectivity index (χ2n) is 1.89. The van der Waals surface area contributed by atoms with Gasteiger partial charge in [-0.3, -0.25) is 0 Å². The molecule has 0 aliphatic carbocycles. The third-order valence-electron chi connectivity index (χ3n) is 1.19. The second kappa shape index (κ2) is 4.86. The smallest absolute Gasteiger partial charge is 0.349 e. The number of aliphatic hydroxyl groups is 1. The fourth-order valence-corrected chi connectivity index (χ4v) is 0.570. The van der Waals surface area contributed by atoms with Crippen molar-refractivity contribution in [2.45, 2.75) is 0 Å². The highest BCUT2D eigenvalue weighted by molar-refractivity contribution is 6.18. The highest BCUT2D eigenvalue weighted by atomic mass is 16.6. The van der Waals surface area contributed by atoms with Crippen LogP contribution in [0.3, 0.4) is 0 Å². The monoisotopic (exact) mass is 189 g/mol. The summed E-state index contributed by atoms with van der Waals surface area (Å²) in [5.41, 5.74) is 4.79. The molecule has 0 saturated heterocycles. The van der Waals surface area contributed by atoms with Crippen molar-refractivity contribution >= 4 is 11.8 Å². The maximum atomic E-state index is 11.0. The van der Waals surface area contributed by atoms with E-state index in [-0.39, 0.29) is 5.84 Å². The van der Waals surface area contributed by atoms with E-state index in [1.165, 1.54) is 0 Å². The predicted molar refractivity (Wildman–Crippen MR) is 44.5 cm³/mol. The Morgan fingerprint density at radius 1 is 1.38 bits per heavy atom. The number of nitrogens with zero attached hydrogens (tertiary/aromatic N) is 1. The maximum Gasteiger partial charge on any atom is 0.349 e. The summed E-state index contributed by atoms with van der Waals surface area (Å²) in [6.07, 6.45) is 0. The normalized spacial score (nSPS) is 13.2. The van der Waals surface area contributed by atoms with Gasteiger partial charge in [-0.05, 0) is 0 Å². The Labute approximate surface area is 74.6 Å². The Kier molecular flexibility index (Phi) is 4.14. The lowest BCUT2D eigenvalue weighted by atomic mass is 10.2. The number of hydrogen-bond acceptors (Lipinski definition) is 6. The van der Waals surface area contributed by atoms with E-state index in [2.05, 4.69) is 14.6 Å². The van der Waals surface area contributed by atoms with Gasteiger partial charge in [0.05, 0.1) is 14.2 Å². The number of aliphatic hydroxyl groups excluding tert-OH is 1. The standard InChI is InChI=1S/C6H11N3O4/c1-12-5(10)3(4(7)9-8)6(11)13-2/h10H,8H2,1-2H3,(H2,7,9)/b5-3-. The van der Waals surface area contributed by atoms with E-state index >= 15 is 0 Å². The number of amidine groups is 1. The summed E-state index contributed by atoms with van der Waals surface area (Å²) in [6.45, 7) is 0. The van der Waals surface area contributed by atoms with Gasteiger partial charge in [0.25, 0.3) is 5.95 Å². The van der Waals surface area contributed by atoms with Crippen molar-refractivity contribution in [3.05, 3.63) is 11.5 Å². The number of hydrazone groups is 1. The van der Waals surface area contributed by atoms with Crippen molar-refractivity contribution in [2.75, 3.05) is 14.2 Å². The number of ether oxygens (including phenoxy) is 2. The summed E-state index contributed by atoms with van der Waals surface area (Å²) >= 11 is 0. The predicted octanol–water partition coefficient (Wildman–Crippen LogP) is -1.19. The summed E-state index contributed by atoms with van der Waals surface area (Å²) in [7, 11) is 2.27. The van der Waals surface area contributed by atoms with Crippen LogP contribution in [0, 0.1) is 0 Å². The lowest BCUT2D eigenvalue weighted by Crippen LogP contribution is -2.25. The molecule has 0 amide bonds. The molecule has 0 radical (unpaired) electrons. The zero-order valence-electron chi connectivity index (χ0n) is 7.27. The van der Waals surface area contributed by atoms with E-state index in [4.69, 9.17) is 16.7 Å². The first-order valence-corrected chi connectivity index (χ1v) is 3.17. The zero-order chi connectivity index (χ0) is 10.4. The number of nitrogens with two attached hydrogens (primary N) is 2. The van der Waals surface area contributed by atoms with E-state index in [0.29, 0.717) is 0 Å². The first kappa shape index (κ1) is 11.1. The van der Waals surface area contributed by atoms with Crippen LogP contribution < -0.4 is 11.6 Å². The van der Waals surface area contributed by atoms with Crippen molar-refractivity contribution in [1.82, 2.24) is 0 Å². The van der Waals surface area contributed by atoms with E-state index in [9.17, 15) is 4.79 Å². The fraction of sp³-hybridized carbons (Fsp3) is 0.333. The molecule has 7 nitrogen and oxygen atoms in total. The van der Waals surface area contributed by atoms with Gasteiger partial charge in [0.2, 0.25) is 0 Å². The molecule has 0 aromatic carbocycles. The third-order valence-corrected chi connectivity index (χ3v) is 1.19. The molecule has 0 heterocycles. The Balaban J connectivity index is 5.10. The first-order valence-electron chi connectivity index (χ1n) is 3.17. The lowest BCUT2D eigenvalue weighted by molar-refractivity contribution is -0.136. The minimum atomic E-state index is -0.883. The molecule has 0 aliphatic rings. The number of esters is 1. The Bertz CT molecular complexity index is 259. The molecule has 0 bridgehead atoms. The largest absolute Gasteiger partial charge is 0.480 e. The Hall–Kier alpha value is -1.92. The van der Waals surface area contributed by atoms with E-state index in [1.54, 1.807) is 0 Å². The number of hydrogen-bond donors (Lipinski definition) is 3. The molecule has 0 unspecified atom stereocenters. The molecule has 0 aliphatic heterocycles. The molecule has 7 heteroatoms. The van der Waals surface area contributed by atoms with Gasteiger partial charge in [0, 0.05) is 0 Å². The number of rotatable bonds is 3. The Morgan fingerprint density at radius 3 is 2.23 bits per heavy atom. The van der Waals surface area contributed by atoms with Crippen LogP contribution in [-0.2, 0) is 14.3 Å². The van der Waals surface area contributed by atoms with Crippen LogP contribution in [0.15, 0.2) is 16.6 Å². The average molecular weight is 189 g/mol. The molecule has 0 rings (SSSR count). The molecule has 0 spiro atoms. The van der Waals surface area contributed by atoms with Crippen molar-refractivity contribution in [1.29, 1.82) is 0 Å². The SMILES string of the molecule is COC(=O)C(=C(/O)OC)/C(N)=N\N. The van der Waals surface area contributed by atoms with Gasteiger partial charge in [-0.2, -0.15) is 5.10 Å². The van der Waals surface area contributed by atoms with Crippen LogP contribution in [0.5, 0.6) is 0 Å². The molecule has 13 heavy (non-hydrogen) atoms. The van der Waals surface area contributed by atoms with Gasteiger partial charge in [-0.1, -0.05) is 0 Å². The molecule has 0 fully saturated rings. The van der Waals surface area contributed by atoms with Crippen molar-refractivity contribution in [3.63, 3.8) is 0 Å². The lowest BCUT2D eigenvalue weighted by Gasteiger charge is -2.05. The van der Waals surface area contributed by atoms with Gasteiger partial charge in [-0.25, -0.2) is 4.79 Å². The van der Waals surface area contributed by atoms with Gasteiger partial charge in [-0.15, -0.1) is 0 Å². The van der Waals surface area contributed by atoms with Crippen LogP contribution in [-0.4, -0.2) is 31.1 Å². The summed E-state index contributed by atoms with van der Waals surface area (Å²) in [5, 5.41) is 12.1. The van der Waals surface area contributed by atoms with Crippen molar-refractivity contribution < 1.29 is 19.4 Å². The highest BCUT2D eigenvalue weighted by Gasteiger charge is 2.21. The van der Waals surface area contributed by atoms with Crippen molar-refractivity contribution in [3.8, 4) is 0 Å². The zero-order valence-corrected chi connectivity index (χ0v) is 7.27. The van der Waals surface area contributed by atoms with Gasteiger partial charge in [0.15, 0.2) is 11.4 Å². The highest BCUT2D eigenvalue weighted by Crippen LogP contribution is 2.04. The second-order valence-corrected chi connectivity index (χ2v) is 1.89. The molecule has 0 atom stereocenters. The van der Waals surface area contributed by atoms with E-state index < -0.39 is 17.5 Å². The summed E-state index contributed by atoms with van der Waals surface area (Å²) < 4.78 is 8.68. The van der Waals surface area contributed by atoms with Gasteiger partial charge >= 0.3 is 5.97 Å². The number of methoxy groups -OCH3 is 2. The summed E-state index contributed by atoms with van der Waals surface area (Å²) in [6, 6.07) is 0. The summed E-state index contributed by atoms with van der Waals surface area (Å²) in [5.74, 6) is 2.86. The molecule has 0 aromatic rings. The van der Waals surface area contributed by atoms with E-state index in [1.807, 2.05) is 0 Å². The molecule has 74 valence electrons. The van der Waals surface area contributed by atoms with Crippen LogP contribution in [0.1, 0.15) is 0 Å². The van der Waals surface area contributed by atoms with E-state index in [0.717, 1.165) is 14.2 Å². The minimum absolute atomic E-state index is 0.369. The van der Waals surface area contributed by atoms with Gasteiger partial charge in [0.1, 0.15) is 0 Å². The van der Waals surface area contributed by atoms with Gasteiger partial charge < -0.3 is 26.2 Å². The molecule has 0 saturated carbocycles. The average Bonchev–Trinajstić information content (AvgIpc) is 2.16. The first-order chi connectivity index (χ1) is 6.08. The number of carbonyl (C=O) groups excluding carboxylic acids is 1. The van der Waals surface area contributed by atoms with Crippen LogP contribution in [0.4, 0.5) is 0 Å². The van der Waals surface area contributed by atoms with Crippen LogP contribution in [0.25, 0.3) is 0 Å². The van der Waals surface area contributed by atoms with Crippen LogP contribution in [0.2, 0.25) is 0 Å².